The monoisotopic (exact) mass is 262 g/mol. The Morgan fingerprint density at radius 3 is 2.71 bits per heavy atom. The third-order valence-corrected chi connectivity index (χ3v) is 5.63. The Bertz CT molecular complexity index is 396. The van der Waals surface area contributed by atoms with E-state index in [1.807, 2.05) is 0 Å². The van der Waals surface area contributed by atoms with E-state index in [1.54, 1.807) is 0 Å². The van der Waals surface area contributed by atoms with E-state index in [1.165, 1.54) is 0 Å². The van der Waals surface area contributed by atoms with E-state index in [4.69, 9.17) is 4.74 Å². The number of rotatable bonds is 4. The van der Waals surface area contributed by atoms with Crippen LogP contribution in [0, 0.1) is 5.41 Å². The zero-order valence-electron chi connectivity index (χ0n) is 9.72. The van der Waals surface area contributed by atoms with Gasteiger partial charge in [0.2, 0.25) is 0 Å². The molecule has 0 radical (unpaired) electrons. The summed E-state index contributed by atoms with van der Waals surface area (Å²) < 4.78 is 28.4. The van der Waals surface area contributed by atoms with Crippen LogP contribution in [0.3, 0.4) is 0 Å². The summed E-state index contributed by atoms with van der Waals surface area (Å²) in [4.78, 5) is 11.3. The molecule has 2 fully saturated rings. The molecule has 2 heterocycles. The van der Waals surface area contributed by atoms with Crippen molar-refractivity contribution in [2.75, 3.05) is 18.1 Å². The maximum absolute atomic E-state index is 11.5. The molecule has 0 amide bonds. The summed E-state index contributed by atoms with van der Waals surface area (Å²) in [6, 6.07) is 0. The Labute approximate surface area is 101 Å². The molecule has 6 heteroatoms. The first-order chi connectivity index (χ1) is 7.94. The smallest absolute Gasteiger partial charge is 0.310 e. The van der Waals surface area contributed by atoms with Crippen molar-refractivity contribution in [3.05, 3.63) is 0 Å². The van der Waals surface area contributed by atoms with Crippen LogP contribution in [0.4, 0.5) is 0 Å². The molecule has 98 valence electrons. The van der Waals surface area contributed by atoms with Gasteiger partial charge >= 0.3 is 5.97 Å². The van der Waals surface area contributed by atoms with Crippen molar-refractivity contribution in [2.24, 2.45) is 5.41 Å². The third-order valence-electron chi connectivity index (χ3n) is 3.81. The average Bonchev–Trinajstić information content (AvgIpc) is 2.83. The molecule has 2 unspecified atom stereocenters. The Hall–Kier alpha value is -0.620. The van der Waals surface area contributed by atoms with E-state index < -0.39 is 21.2 Å². The maximum atomic E-state index is 11.5. The lowest BCUT2D eigenvalue weighted by Crippen LogP contribution is -2.33. The van der Waals surface area contributed by atoms with Gasteiger partial charge in [0.15, 0.2) is 9.84 Å². The molecule has 0 spiro atoms. The summed E-state index contributed by atoms with van der Waals surface area (Å²) in [5.74, 6) is -1.18. The van der Waals surface area contributed by atoms with Crippen LogP contribution in [0.1, 0.15) is 32.1 Å². The fraction of sp³-hybridized carbons (Fsp3) is 0.909. The third kappa shape index (κ3) is 2.80. The summed E-state index contributed by atoms with van der Waals surface area (Å²) in [6.07, 6.45) is 3.41. The van der Waals surface area contributed by atoms with Gasteiger partial charge in [0.1, 0.15) is 0 Å². The molecule has 2 saturated heterocycles. The minimum Gasteiger partial charge on any atom is -0.481 e. The Morgan fingerprint density at radius 1 is 1.47 bits per heavy atom. The summed E-state index contributed by atoms with van der Waals surface area (Å²) in [5, 5.41) is 9.26. The van der Waals surface area contributed by atoms with E-state index in [9.17, 15) is 18.3 Å². The van der Waals surface area contributed by atoms with E-state index in [0.29, 0.717) is 12.8 Å². The van der Waals surface area contributed by atoms with Gasteiger partial charge in [-0.25, -0.2) is 8.42 Å². The van der Waals surface area contributed by atoms with Gasteiger partial charge in [0.05, 0.1) is 23.0 Å². The molecule has 2 rings (SSSR count). The van der Waals surface area contributed by atoms with Crippen LogP contribution in [0.25, 0.3) is 0 Å². The van der Waals surface area contributed by atoms with Gasteiger partial charge in [0, 0.05) is 6.61 Å². The van der Waals surface area contributed by atoms with Gasteiger partial charge in [-0.3, -0.25) is 4.79 Å². The van der Waals surface area contributed by atoms with Crippen molar-refractivity contribution in [1.82, 2.24) is 0 Å². The van der Waals surface area contributed by atoms with Crippen molar-refractivity contribution in [1.29, 1.82) is 0 Å². The molecular formula is C11H18O5S. The van der Waals surface area contributed by atoms with E-state index in [0.717, 1.165) is 19.4 Å². The Kier molecular flexibility index (Phi) is 3.45. The molecule has 2 atom stereocenters. The second-order valence-corrected chi connectivity index (χ2v) is 7.29. The zero-order chi connectivity index (χ0) is 12.5. The Morgan fingerprint density at radius 2 is 2.24 bits per heavy atom. The van der Waals surface area contributed by atoms with Gasteiger partial charge in [0.25, 0.3) is 0 Å². The molecule has 5 nitrogen and oxygen atoms in total. The largest absolute Gasteiger partial charge is 0.481 e. The maximum Gasteiger partial charge on any atom is 0.310 e. The zero-order valence-corrected chi connectivity index (χ0v) is 10.5. The van der Waals surface area contributed by atoms with Crippen molar-refractivity contribution in [2.45, 2.75) is 38.2 Å². The average molecular weight is 262 g/mol. The predicted octanol–water partition coefficient (Wildman–Crippen LogP) is 0.835. The number of hydrogen-bond donors (Lipinski definition) is 1. The predicted molar refractivity (Wildman–Crippen MR) is 61.5 cm³/mol. The lowest BCUT2D eigenvalue weighted by molar-refractivity contribution is -0.148. The van der Waals surface area contributed by atoms with Crippen molar-refractivity contribution < 1.29 is 23.1 Å². The van der Waals surface area contributed by atoms with Crippen LogP contribution in [0.5, 0.6) is 0 Å². The number of ether oxygens (including phenoxy) is 1. The van der Waals surface area contributed by atoms with Gasteiger partial charge in [-0.05, 0) is 32.1 Å². The van der Waals surface area contributed by atoms with Crippen molar-refractivity contribution >= 4 is 15.8 Å². The number of carboxylic acid groups (broad SMARTS) is 1. The van der Waals surface area contributed by atoms with Gasteiger partial charge < -0.3 is 9.84 Å². The molecule has 0 aromatic carbocycles. The van der Waals surface area contributed by atoms with E-state index >= 15 is 0 Å². The lowest BCUT2D eigenvalue weighted by atomic mass is 9.82. The van der Waals surface area contributed by atoms with Crippen LogP contribution in [0.15, 0.2) is 0 Å². The first kappa shape index (κ1) is 12.8. The molecule has 1 N–H and O–H groups in total. The van der Waals surface area contributed by atoms with Crippen molar-refractivity contribution in [3.63, 3.8) is 0 Å². The van der Waals surface area contributed by atoms with Crippen LogP contribution in [-0.4, -0.2) is 43.7 Å². The highest BCUT2D eigenvalue weighted by atomic mass is 32.2. The van der Waals surface area contributed by atoms with Crippen LogP contribution < -0.4 is 0 Å². The highest BCUT2D eigenvalue weighted by Crippen LogP contribution is 2.38. The fourth-order valence-corrected chi connectivity index (χ4v) is 4.80. The molecular weight excluding hydrogens is 244 g/mol. The van der Waals surface area contributed by atoms with Gasteiger partial charge in [-0.2, -0.15) is 0 Å². The van der Waals surface area contributed by atoms with E-state index in [-0.39, 0.29) is 24.0 Å². The molecule has 2 aliphatic heterocycles. The van der Waals surface area contributed by atoms with E-state index in [2.05, 4.69) is 0 Å². The number of sulfone groups is 1. The van der Waals surface area contributed by atoms with Crippen molar-refractivity contribution in [3.8, 4) is 0 Å². The number of hydrogen-bond acceptors (Lipinski definition) is 4. The molecule has 2 aliphatic rings. The summed E-state index contributed by atoms with van der Waals surface area (Å²) in [6.45, 7) is 0.739. The second kappa shape index (κ2) is 4.57. The number of aliphatic carboxylic acids is 1. The quantitative estimate of drug-likeness (QED) is 0.811. The van der Waals surface area contributed by atoms with Gasteiger partial charge in [-0.15, -0.1) is 0 Å². The number of carboxylic acids is 1. The number of carbonyl (C=O) groups is 1. The molecule has 0 saturated carbocycles. The van der Waals surface area contributed by atoms with Crippen LogP contribution in [-0.2, 0) is 19.4 Å². The fourth-order valence-electron chi connectivity index (χ4n) is 2.70. The standard InChI is InChI=1S/C11H18O5S/c12-10(13)11(5-7-17(14,15)8-11)4-3-9-2-1-6-16-9/h9H,1-8H2,(H,12,13). The summed E-state index contributed by atoms with van der Waals surface area (Å²) >= 11 is 0. The highest BCUT2D eigenvalue weighted by molar-refractivity contribution is 7.91. The van der Waals surface area contributed by atoms with Gasteiger partial charge in [-0.1, -0.05) is 0 Å². The van der Waals surface area contributed by atoms with Crippen LogP contribution in [0.2, 0.25) is 0 Å². The molecule has 0 aliphatic carbocycles. The molecule has 0 bridgehead atoms. The molecule has 0 aromatic rings. The first-order valence-electron chi connectivity index (χ1n) is 5.99. The summed E-state index contributed by atoms with van der Waals surface area (Å²) in [5.41, 5.74) is -1.06. The molecule has 0 aromatic heterocycles. The minimum absolute atomic E-state index is 0.00479. The SMILES string of the molecule is O=C(O)C1(CCC2CCCO2)CCS(=O)(=O)C1. The molecule has 17 heavy (non-hydrogen) atoms. The lowest BCUT2D eigenvalue weighted by Gasteiger charge is -2.23. The topological polar surface area (TPSA) is 80.7 Å². The minimum atomic E-state index is -3.17. The second-order valence-electron chi connectivity index (χ2n) is 5.10. The highest BCUT2D eigenvalue weighted by Gasteiger charge is 2.48. The summed E-state index contributed by atoms with van der Waals surface area (Å²) in [7, 11) is -3.17. The first-order valence-corrected chi connectivity index (χ1v) is 7.81. The Balaban J connectivity index is 2.00. The normalized spacial score (nSPS) is 36.1. The van der Waals surface area contributed by atoms with Crippen LogP contribution >= 0.6 is 0 Å².